The molecule has 0 saturated carbocycles. The van der Waals surface area contributed by atoms with Crippen LogP contribution in [0, 0.1) is 13.8 Å². The first-order chi connectivity index (χ1) is 9.56. The van der Waals surface area contributed by atoms with Crippen molar-refractivity contribution in [1.82, 2.24) is 15.0 Å². The number of hydrogen-bond acceptors (Lipinski definition) is 6. The van der Waals surface area contributed by atoms with Crippen molar-refractivity contribution in [2.75, 3.05) is 14.2 Å². The van der Waals surface area contributed by atoms with Crippen LogP contribution < -0.4 is 9.47 Å². The fourth-order valence-electron chi connectivity index (χ4n) is 1.81. The molecule has 0 bridgehead atoms. The average molecular weight is 273 g/mol. The van der Waals surface area contributed by atoms with Gasteiger partial charge in [0.2, 0.25) is 17.5 Å². The van der Waals surface area contributed by atoms with Crippen LogP contribution in [0.2, 0.25) is 0 Å². The molecule has 0 aliphatic rings. The van der Waals surface area contributed by atoms with Gasteiger partial charge in [0.15, 0.2) is 5.69 Å². The number of carbonyl (C=O) groups is 1. The van der Waals surface area contributed by atoms with E-state index in [1.165, 1.54) is 20.4 Å². The summed E-state index contributed by atoms with van der Waals surface area (Å²) in [5.74, 6) is 0.147. The molecule has 0 aliphatic heterocycles. The van der Waals surface area contributed by atoms with Gasteiger partial charge >= 0.3 is 0 Å². The maximum absolute atomic E-state index is 12.5. The summed E-state index contributed by atoms with van der Waals surface area (Å²) in [6, 6.07) is 3.51. The van der Waals surface area contributed by atoms with E-state index < -0.39 is 0 Å². The Morgan fingerprint density at radius 3 is 2.45 bits per heavy atom. The Morgan fingerprint density at radius 2 is 1.85 bits per heavy atom. The van der Waals surface area contributed by atoms with Crippen LogP contribution in [0.4, 0.5) is 0 Å². The number of hydrogen-bond donors (Lipinski definition) is 0. The Balaban J connectivity index is 2.47. The van der Waals surface area contributed by atoms with Crippen LogP contribution in [-0.4, -0.2) is 35.0 Å². The van der Waals surface area contributed by atoms with Crippen LogP contribution in [0.5, 0.6) is 11.8 Å². The third-order valence-electron chi connectivity index (χ3n) is 2.81. The van der Waals surface area contributed by atoms with Gasteiger partial charge in [-0.1, -0.05) is 0 Å². The van der Waals surface area contributed by atoms with E-state index in [1.54, 1.807) is 19.1 Å². The third kappa shape index (κ3) is 2.59. The Kier molecular flexibility index (Phi) is 3.93. The number of pyridine rings is 1. The highest BCUT2D eigenvalue weighted by Gasteiger charge is 2.20. The van der Waals surface area contributed by atoms with Gasteiger partial charge in [0.25, 0.3) is 0 Å². The first-order valence-electron chi connectivity index (χ1n) is 6.00. The van der Waals surface area contributed by atoms with Gasteiger partial charge in [0.05, 0.1) is 20.4 Å². The van der Waals surface area contributed by atoms with Crippen LogP contribution in [0.15, 0.2) is 18.3 Å². The van der Waals surface area contributed by atoms with Gasteiger partial charge in [0.1, 0.15) is 0 Å². The summed E-state index contributed by atoms with van der Waals surface area (Å²) in [4.78, 5) is 24.9. The third-order valence-corrected chi connectivity index (χ3v) is 2.81. The minimum atomic E-state index is -0.276. The van der Waals surface area contributed by atoms with Crippen LogP contribution in [0.3, 0.4) is 0 Å². The van der Waals surface area contributed by atoms with E-state index in [0.29, 0.717) is 11.3 Å². The monoisotopic (exact) mass is 273 g/mol. The number of carbonyl (C=O) groups excluding carboxylic acids is 1. The van der Waals surface area contributed by atoms with Crippen LogP contribution in [0.25, 0.3) is 0 Å². The van der Waals surface area contributed by atoms with E-state index in [1.807, 2.05) is 6.92 Å². The van der Waals surface area contributed by atoms with E-state index in [0.717, 1.165) is 5.69 Å². The van der Waals surface area contributed by atoms with Crippen molar-refractivity contribution in [3.05, 3.63) is 41.0 Å². The van der Waals surface area contributed by atoms with Crippen molar-refractivity contribution in [3.8, 4) is 11.8 Å². The topological polar surface area (TPSA) is 74.2 Å². The zero-order valence-corrected chi connectivity index (χ0v) is 11.8. The lowest BCUT2D eigenvalue weighted by molar-refractivity contribution is 0.102. The highest BCUT2D eigenvalue weighted by atomic mass is 16.5. The molecule has 6 nitrogen and oxygen atoms in total. The molecule has 2 aromatic heterocycles. The molecular formula is C14H15N3O3. The van der Waals surface area contributed by atoms with E-state index in [2.05, 4.69) is 15.0 Å². The number of aryl methyl sites for hydroxylation is 2. The van der Waals surface area contributed by atoms with E-state index in [9.17, 15) is 4.79 Å². The summed E-state index contributed by atoms with van der Waals surface area (Å²) in [5.41, 5.74) is 2.12. The predicted octanol–water partition coefficient (Wildman–Crippen LogP) is 1.74. The number of methoxy groups -OCH3 is 2. The van der Waals surface area contributed by atoms with Gasteiger partial charge in [-0.15, -0.1) is 0 Å². The molecule has 0 aliphatic carbocycles. The van der Waals surface area contributed by atoms with Crippen LogP contribution in [-0.2, 0) is 0 Å². The van der Waals surface area contributed by atoms with Crippen molar-refractivity contribution in [3.63, 3.8) is 0 Å². The SMILES string of the molecule is COc1cnc(C(=O)c2ccc(C)nc2C)c(OC)n1. The summed E-state index contributed by atoms with van der Waals surface area (Å²) in [7, 11) is 2.90. The van der Waals surface area contributed by atoms with Gasteiger partial charge in [-0.05, 0) is 26.0 Å². The molecule has 0 aromatic carbocycles. The molecule has 0 atom stereocenters. The second-order valence-electron chi connectivity index (χ2n) is 4.18. The van der Waals surface area contributed by atoms with Crippen molar-refractivity contribution in [1.29, 1.82) is 0 Å². The summed E-state index contributed by atoms with van der Waals surface area (Å²) in [6.07, 6.45) is 1.38. The standard InChI is InChI=1S/C14H15N3O3/c1-8-5-6-10(9(2)16-8)13(18)12-14(20-4)17-11(19-3)7-15-12/h5-7H,1-4H3. The molecule has 6 heteroatoms. The number of ketones is 1. The molecule has 0 saturated heterocycles. The van der Waals surface area contributed by atoms with Crippen LogP contribution >= 0.6 is 0 Å². The summed E-state index contributed by atoms with van der Waals surface area (Å²) < 4.78 is 10.1. The molecule has 0 radical (unpaired) electrons. The number of nitrogens with zero attached hydrogens (tertiary/aromatic N) is 3. The maximum Gasteiger partial charge on any atom is 0.247 e. The highest BCUT2D eigenvalue weighted by molar-refractivity contribution is 6.09. The molecule has 104 valence electrons. The number of aromatic nitrogens is 3. The number of rotatable bonds is 4. The zero-order valence-electron chi connectivity index (χ0n) is 11.8. The second kappa shape index (κ2) is 5.64. The molecular weight excluding hydrogens is 258 g/mol. The molecule has 0 unspecified atom stereocenters. The summed E-state index contributed by atoms with van der Waals surface area (Å²) in [6.45, 7) is 3.65. The Hall–Kier alpha value is -2.50. The number of ether oxygens (including phenoxy) is 2. The van der Waals surface area contributed by atoms with E-state index >= 15 is 0 Å². The molecule has 2 aromatic rings. The second-order valence-corrected chi connectivity index (χ2v) is 4.18. The molecule has 0 spiro atoms. The summed E-state index contributed by atoms with van der Waals surface area (Å²) in [5, 5.41) is 0. The largest absolute Gasteiger partial charge is 0.480 e. The Morgan fingerprint density at radius 1 is 1.10 bits per heavy atom. The molecule has 0 amide bonds. The molecule has 2 rings (SSSR count). The fraction of sp³-hybridized carbons (Fsp3) is 0.286. The van der Waals surface area contributed by atoms with E-state index in [4.69, 9.17) is 9.47 Å². The van der Waals surface area contributed by atoms with Crippen molar-refractivity contribution < 1.29 is 14.3 Å². The van der Waals surface area contributed by atoms with Gasteiger partial charge in [-0.2, -0.15) is 4.98 Å². The normalized spacial score (nSPS) is 10.2. The van der Waals surface area contributed by atoms with Gasteiger partial charge in [-0.25, -0.2) is 4.98 Å². The Labute approximate surface area is 116 Å². The zero-order chi connectivity index (χ0) is 14.7. The minimum Gasteiger partial charge on any atom is -0.480 e. The lowest BCUT2D eigenvalue weighted by Gasteiger charge is -2.08. The molecule has 20 heavy (non-hydrogen) atoms. The highest BCUT2D eigenvalue weighted by Crippen LogP contribution is 2.21. The first-order valence-corrected chi connectivity index (χ1v) is 6.00. The van der Waals surface area contributed by atoms with Crippen molar-refractivity contribution in [2.24, 2.45) is 0 Å². The van der Waals surface area contributed by atoms with Crippen LogP contribution in [0.1, 0.15) is 27.4 Å². The predicted molar refractivity (Wildman–Crippen MR) is 72.3 cm³/mol. The van der Waals surface area contributed by atoms with Gasteiger partial charge in [-0.3, -0.25) is 9.78 Å². The fourth-order valence-corrected chi connectivity index (χ4v) is 1.81. The lowest BCUT2D eigenvalue weighted by atomic mass is 10.1. The lowest BCUT2D eigenvalue weighted by Crippen LogP contribution is -2.11. The van der Waals surface area contributed by atoms with E-state index in [-0.39, 0.29) is 23.2 Å². The maximum atomic E-state index is 12.5. The Bertz CT molecular complexity index is 656. The first kappa shape index (κ1) is 13.9. The van der Waals surface area contributed by atoms with Gasteiger partial charge < -0.3 is 9.47 Å². The van der Waals surface area contributed by atoms with Gasteiger partial charge in [0, 0.05) is 17.0 Å². The quantitative estimate of drug-likeness (QED) is 0.790. The summed E-state index contributed by atoms with van der Waals surface area (Å²) >= 11 is 0. The van der Waals surface area contributed by atoms with Crippen molar-refractivity contribution in [2.45, 2.75) is 13.8 Å². The molecule has 0 N–H and O–H groups in total. The average Bonchev–Trinajstić information content (AvgIpc) is 2.46. The minimum absolute atomic E-state index is 0.134. The molecule has 0 fully saturated rings. The van der Waals surface area contributed by atoms with Crippen molar-refractivity contribution >= 4 is 5.78 Å². The smallest absolute Gasteiger partial charge is 0.247 e. The molecule has 2 heterocycles.